The van der Waals surface area contributed by atoms with E-state index in [4.69, 9.17) is 0 Å². The maximum atomic E-state index is 10.2. The Kier molecular flexibility index (Phi) is 2.70. The van der Waals surface area contributed by atoms with Gasteiger partial charge in [0.15, 0.2) is 0 Å². The van der Waals surface area contributed by atoms with E-state index in [2.05, 4.69) is 15.9 Å². The highest BCUT2D eigenvalue weighted by atomic mass is 79.9. The van der Waals surface area contributed by atoms with Crippen molar-refractivity contribution < 1.29 is 4.79 Å². The lowest BCUT2D eigenvalue weighted by Gasteiger charge is -2.08. The normalized spacial score (nSPS) is 24.1. The van der Waals surface area contributed by atoms with Gasteiger partial charge in [0.25, 0.3) is 0 Å². The van der Waals surface area contributed by atoms with Gasteiger partial charge in [-0.3, -0.25) is 0 Å². The van der Waals surface area contributed by atoms with E-state index >= 15 is 0 Å². The van der Waals surface area contributed by atoms with Gasteiger partial charge in [-0.05, 0) is 18.8 Å². The van der Waals surface area contributed by atoms with E-state index in [0.717, 1.165) is 6.29 Å². The van der Waals surface area contributed by atoms with E-state index in [1.807, 2.05) is 0 Å². The molecule has 0 aromatic heterocycles. The molecule has 0 aromatic rings. The van der Waals surface area contributed by atoms with Crippen LogP contribution in [0, 0.1) is 5.92 Å². The van der Waals surface area contributed by atoms with Crippen molar-refractivity contribution in [1.82, 2.24) is 0 Å². The molecule has 0 amide bonds. The monoisotopic (exact) mass is 190 g/mol. The molecular formula is C7H11BrO. The Hall–Kier alpha value is 0.150. The van der Waals surface area contributed by atoms with Crippen LogP contribution in [0.1, 0.15) is 25.7 Å². The first-order chi connectivity index (χ1) is 4.34. The van der Waals surface area contributed by atoms with Crippen LogP contribution in [0.15, 0.2) is 0 Å². The van der Waals surface area contributed by atoms with Crippen molar-refractivity contribution in [2.75, 3.05) is 0 Å². The third-order valence-corrected chi connectivity index (χ3v) is 2.94. The lowest BCUT2D eigenvalue weighted by atomic mass is 10.1. The second kappa shape index (κ2) is 3.35. The zero-order valence-corrected chi connectivity index (χ0v) is 6.93. The molecule has 0 saturated heterocycles. The summed E-state index contributed by atoms with van der Waals surface area (Å²) in [6.07, 6.45) is 6.08. The van der Waals surface area contributed by atoms with Gasteiger partial charge in [0.2, 0.25) is 0 Å². The molecule has 0 spiro atoms. The van der Waals surface area contributed by atoms with Crippen LogP contribution >= 0.6 is 15.9 Å². The summed E-state index contributed by atoms with van der Waals surface area (Å²) in [7, 11) is 0. The van der Waals surface area contributed by atoms with Crippen LogP contribution in [0.2, 0.25) is 0 Å². The summed E-state index contributed by atoms with van der Waals surface area (Å²) in [4.78, 5) is 10.4. The molecule has 0 radical (unpaired) electrons. The largest absolute Gasteiger partial charge is 0.302 e. The van der Waals surface area contributed by atoms with Gasteiger partial charge in [0.05, 0.1) is 4.83 Å². The van der Waals surface area contributed by atoms with Crippen LogP contribution in [0.5, 0.6) is 0 Å². The van der Waals surface area contributed by atoms with Crippen LogP contribution in [-0.2, 0) is 4.79 Å². The quantitative estimate of drug-likeness (QED) is 0.482. The first-order valence-electron chi connectivity index (χ1n) is 3.44. The average Bonchev–Trinajstić information content (AvgIpc) is 2.37. The Bertz CT molecular complexity index is 97.1. The molecule has 52 valence electrons. The van der Waals surface area contributed by atoms with E-state index in [0.29, 0.717) is 5.92 Å². The highest BCUT2D eigenvalue weighted by molar-refractivity contribution is 9.09. The molecule has 0 aromatic carbocycles. The fraction of sp³-hybridized carbons (Fsp3) is 0.857. The van der Waals surface area contributed by atoms with E-state index in [1.54, 1.807) is 0 Å². The number of hydrogen-bond acceptors (Lipinski definition) is 1. The van der Waals surface area contributed by atoms with Crippen LogP contribution in [-0.4, -0.2) is 11.1 Å². The van der Waals surface area contributed by atoms with E-state index in [9.17, 15) is 4.79 Å². The molecule has 0 N–H and O–H groups in total. The molecule has 1 rings (SSSR count). The van der Waals surface area contributed by atoms with E-state index < -0.39 is 0 Å². The van der Waals surface area contributed by atoms with Gasteiger partial charge in [0, 0.05) is 0 Å². The number of rotatable bonds is 2. The van der Waals surface area contributed by atoms with Crippen LogP contribution < -0.4 is 0 Å². The summed E-state index contributed by atoms with van der Waals surface area (Å²) < 4.78 is 0. The molecule has 1 aliphatic rings. The summed E-state index contributed by atoms with van der Waals surface area (Å²) in [5, 5.41) is 0. The summed E-state index contributed by atoms with van der Waals surface area (Å²) in [5.41, 5.74) is 0. The maximum Gasteiger partial charge on any atom is 0.133 e. The van der Waals surface area contributed by atoms with E-state index in [-0.39, 0.29) is 4.83 Å². The number of carbonyl (C=O) groups excluding carboxylic acids is 1. The van der Waals surface area contributed by atoms with Crippen molar-refractivity contribution in [3.8, 4) is 0 Å². The SMILES string of the molecule is O=CC(Br)C1CCCC1. The van der Waals surface area contributed by atoms with Gasteiger partial charge in [0.1, 0.15) is 6.29 Å². The van der Waals surface area contributed by atoms with Crippen molar-refractivity contribution >= 4 is 22.2 Å². The van der Waals surface area contributed by atoms with Crippen molar-refractivity contribution in [1.29, 1.82) is 0 Å². The first-order valence-corrected chi connectivity index (χ1v) is 4.35. The summed E-state index contributed by atoms with van der Waals surface area (Å²) >= 11 is 3.34. The predicted octanol–water partition coefficient (Wildman–Crippen LogP) is 2.14. The van der Waals surface area contributed by atoms with Gasteiger partial charge >= 0.3 is 0 Å². The minimum atomic E-state index is 0.125. The zero-order chi connectivity index (χ0) is 6.69. The Labute approximate surface area is 64.0 Å². The molecule has 0 heterocycles. The third kappa shape index (κ3) is 1.78. The molecule has 1 nitrogen and oxygen atoms in total. The molecule has 1 fully saturated rings. The third-order valence-electron chi connectivity index (χ3n) is 1.98. The predicted molar refractivity (Wildman–Crippen MR) is 40.7 cm³/mol. The van der Waals surface area contributed by atoms with Crippen molar-refractivity contribution in [2.45, 2.75) is 30.5 Å². The number of alkyl halides is 1. The smallest absolute Gasteiger partial charge is 0.133 e. The number of carbonyl (C=O) groups is 1. The summed E-state index contributed by atoms with van der Waals surface area (Å²) in [5.74, 6) is 0.627. The highest BCUT2D eigenvalue weighted by Gasteiger charge is 2.21. The standard InChI is InChI=1S/C7H11BrO/c8-7(5-9)6-3-1-2-4-6/h5-7H,1-4H2. The van der Waals surface area contributed by atoms with Gasteiger partial charge < -0.3 is 4.79 Å². The van der Waals surface area contributed by atoms with Crippen LogP contribution in [0.25, 0.3) is 0 Å². The molecule has 0 aliphatic heterocycles. The van der Waals surface area contributed by atoms with Gasteiger partial charge in [-0.15, -0.1) is 0 Å². The zero-order valence-electron chi connectivity index (χ0n) is 5.35. The van der Waals surface area contributed by atoms with E-state index in [1.165, 1.54) is 25.7 Å². The average molecular weight is 191 g/mol. The Balaban J connectivity index is 2.32. The van der Waals surface area contributed by atoms with Crippen molar-refractivity contribution in [3.05, 3.63) is 0 Å². The lowest BCUT2D eigenvalue weighted by Crippen LogP contribution is -2.11. The molecule has 1 unspecified atom stereocenters. The molecule has 1 saturated carbocycles. The molecule has 1 aliphatic carbocycles. The topological polar surface area (TPSA) is 17.1 Å². The minimum absolute atomic E-state index is 0.125. The summed E-state index contributed by atoms with van der Waals surface area (Å²) in [6, 6.07) is 0. The maximum absolute atomic E-state index is 10.2. The minimum Gasteiger partial charge on any atom is -0.302 e. The molecule has 0 bridgehead atoms. The van der Waals surface area contributed by atoms with Crippen LogP contribution in [0.4, 0.5) is 0 Å². The van der Waals surface area contributed by atoms with Gasteiger partial charge in [-0.1, -0.05) is 28.8 Å². The number of hydrogen-bond donors (Lipinski definition) is 0. The van der Waals surface area contributed by atoms with Gasteiger partial charge in [-0.25, -0.2) is 0 Å². The lowest BCUT2D eigenvalue weighted by molar-refractivity contribution is -0.108. The number of aldehydes is 1. The Morgan fingerprint density at radius 2 is 2.00 bits per heavy atom. The van der Waals surface area contributed by atoms with Crippen molar-refractivity contribution in [2.24, 2.45) is 5.92 Å². The molecule has 9 heavy (non-hydrogen) atoms. The number of halogens is 1. The molecule has 2 heteroatoms. The molecular weight excluding hydrogens is 180 g/mol. The first kappa shape index (κ1) is 7.26. The van der Waals surface area contributed by atoms with Crippen molar-refractivity contribution in [3.63, 3.8) is 0 Å². The second-order valence-corrected chi connectivity index (χ2v) is 3.68. The highest BCUT2D eigenvalue weighted by Crippen LogP contribution is 2.30. The van der Waals surface area contributed by atoms with Gasteiger partial charge in [-0.2, -0.15) is 0 Å². The summed E-state index contributed by atoms with van der Waals surface area (Å²) in [6.45, 7) is 0. The Morgan fingerprint density at radius 3 is 2.44 bits per heavy atom. The second-order valence-electron chi connectivity index (χ2n) is 2.63. The fourth-order valence-electron chi connectivity index (χ4n) is 1.39. The molecule has 1 atom stereocenters. The van der Waals surface area contributed by atoms with Crippen LogP contribution in [0.3, 0.4) is 0 Å². The fourth-order valence-corrected chi connectivity index (χ4v) is 1.92. The Morgan fingerprint density at radius 1 is 1.44 bits per heavy atom.